The smallest absolute Gasteiger partial charge is 0.269 e. The second-order valence-corrected chi connectivity index (χ2v) is 6.99. The lowest BCUT2D eigenvalue weighted by Gasteiger charge is -2.37. The molecule has 2 aliphatic rings. The molecular formula is C23H30N2O7. The molecule has 0 unspecified atom stereocenters. The fourth-order valence-electron chi connectivity index (χ4n) is 3.22. The Morgan fingerprint density at radius 1 is 1.06 bits per heavy atom. The molecule has 2 amide bonds. The molecule has 0 aromatic rings. The number of aliphatic hydroxyl groups is 1. The van der Waals surface area contributed by atoms with Crippen molar-refractivity contribution < 1.29 is 33.7 Å². The van der Waals surface area contributed by atoms with Gasteiger partial charge in [-0.05, 0) is 19.1 Å². The zero-order valence-electron chi connectivity index (χ0n) is 18.8. The van der Waals surface area contributed by atoms with Gasteiger partial charge in [0.15, 0.2) is 0 Å². The number of nitrogens with one attached hydrogen (secondary N) is 1. The van der Waals surface area contributed by atoms with Gasteiger partial charge in [-0.2, -0.15) is 0 Å². The number of ether oxygens (including phenoxy) is 3. The quantitative estimate of drug-likeness (QED) is 0.171. The summed E-state index contributed by atoms with van der Waals surface area (Å²) in [5.74, 6) is -2.07. The van der Waals surface area contributed by atoms with Crippen LogP contribution in [0.3, 0.4) is 0 Å². The van der Waals surface area contributed by atoms with Gasteiger partial charge in [-0.3, -0.25) is 14.4 Å². The summed E-state index contributed by atoms with van der Waals surface area (Å²) < 4.78 is 16.8. The van der Waals surface area contributed by atoms with Crippen LogP contribution in [0.5, 0.6) is 0 Å². The van der Waals surface area contributed by atoms with Crippen molar-refractivity contribution in [3.63, 3.8) is 0 Å². The van der Waals surface area contributed by atoms with Crippen molar-refractivity contribution >= 4 is 11.8 Å². The molecule has 9 nitrogen and oxygen atoms in total. The number of hydrogen-bond acceptors (Lipinski definition) is 7. The van der Waals surface area contributed by atoms with Gasteiger partial charge in [0.05, 0.1) is 12.8 Å². The van der Waals surface area contributed by atoms with Crippen LogP contribution >= 0.6 is 0 Å². The molecule has 32 heavy (non-hydrogen) atoms. The van der Waals surface area contributed by atoms with Crippen LogP contribution in [-0.2, 0) is 28.6 Å². The summed E-state index contributed by atoms with van der Waals surface area (Å²) in [6.45, 7) is 1.84. The van der Waals surface area contributed by atoms with Crippen LogP contribution in [0, 0.1) is 0 Å². The van der Waals surface area contributed by atoms with Gasteiger partial charge in [-0.15, -0.1) is 0 Å². The Labute approximate surface area is 187 Å². The SMILES string of the molecule is C/C=C/C=C/C(=O)NC1=C[C@](O)(/C=C/C=C/C=C/C(=O)N(C)OC)[C@H]2O[C@H]2C1(OC)OC. The molecule has 1 fully saturated rings. The minimum absolute atomic E-state index is 0.237. The number of carbonyl (C=O) groups is 2. The van der Waals surface area contributed by atoms with Crippen LogP contribution in [-0.4, -0.2) is 74.0 Å². The molecule has 1 heterocycles. The van der Waals surface area contributed by atoms with Crippen molar-refractivity contribution in [1.82, 2.24) is 10.4 Å². The maximum Gasteiger partial charge on any atom is 0.269 e. The van der Waals surface area contributed by atoms with Gasteiger partial charge >= 0.3 is 0 Å². The lowest BCUT2D eigenvalue weighted by molar-refractivity contribution is -0.197. The Balaban J connectivity index is 2.20. The fourth-order valence-corrected chi connectivity index (χ4v) is 3.22. The van der Waals surface area contributed by atoms with Crippen LogP contribution in [0.1, 0.15) is 6.92 Å². The third kappa shape index (κ3) is 5.70. The maximum atomic E-state index is 12.3. The molecule has 1 aliphatic heterocycles. The van der Waals surface area contributed by atoms with Crippen LogP contribution in [0.4, 0.5) is 0 Å². The van der Waals surface area contributed by atoms with Crippen LogP contribution < -0.4 is 5.32 Å². The predicted octanol–water partition coefficient (Wildman–Crippen LogP) is 1.31. The van der Waals surface area contributed by atoms with E-state index in [0.717, 1.165) is 5.06 Å². The zero-order valence-corrected chi connectivity index (χ0v) is 18.8. The van der Waals surface area contributed by atoms with Gasteiger partial charge in [0, 0.05) is 33.4 Å². The summed E-state index contributed by atoms with van der Waals surface area (Å²) in [6.07, 6.45) is 16.0. The van der Waals surface area contributed by atoms with E-state index >= 15 is 0 Å². The lowest BCUT2D eigenvalue weighted by atomic mass is 9.85. The summed E-state index contributed by atoms with van der Waals surface area (Å²) in [5, 5.41) is 14.9. The molecular weight excluding hydrogens is 416 g/mol. The first-order chi connectivity index (χ1) is 15.3. The molecule has 0 saturated carbocycles. The zero-order chi connectivity index (χ0) is 23.8. The molecule has 9 heteroatoms. The molecule has 0 aromatic heterocycles. The first-order valence-corrected chi connectivity index (χ1v) is 9.94. The summed E-state index contributed by atoms with van der Waals surface area (Å²) in [5.41, 5.74) is -1.26. The van der Waals surface area contributed by atoms with E-state index in [4.69, 9.17) is 19.0 Å². The lowest BCUT2D eigenvalue weighted by Crippen LogP contribution is -2.54. The number of rotatable bonds is 10. The monoisotopic (exact) mass is 446 g/mol. The van der Waals surface area contributed by atoms with Crippen molar-refractivity contribution in [1.29, 1.82) is 0 Å². The van der Waals surface area contributed by atoms with Crippen LogP contribution in [0.2, 0.25) is 0 Å². The Kier molecular flexibility index (Phi) is 8.88. The molecule has 1 aliphatic carbocycles. The van der Waals surface area contributed by atoms with Gasteiger partial charge in [0.2, 0.25) is 11.7 Å². The summed E-state index contributed by atoms with van der Waals surface area (Å²) in [4.78, 5) is 28.7. The van der Waals surface area contributed by atoms with Crippen LogP contribution in [0.15, 0.2) is 72.5 Å². The second-order valence-electron chi connectivity index (χ2n) is 6.99. The van der Waals surface area contributed by atoms with E-state index in [0.29, 0.717) is 0 Å². The molecule has 174 valence electrons. The van der Waals surface area contributed by atoms with E-state index in [1.54, 1.807) is 42.5 Å². The average molecular weight is 447 g/mol. The highest BCUT2D eigenvalue weighted by atomic mass is 16.7. The van der Waals surface area contributed by atoms with Crippen molar-refractivity contribution in [2.24, 2.45) is 0 Å². The van der Waals surface area contributed by atoms with Gasteiger partial charge in [-0.25, -0.2) is 5.06 Å². The van der Waals surface area contributed by atoms with Crippen molar-refractivity contribution in [2.45, 2.75) is 30.5 Å². The number of allylic oxidation sites excluding steroid dienone is 7. The third-order valence-electron chi connectivity index (χ3n) is 5.01. The summed E-state index contributed by atoms with van der Waals surface area (Å²) in [7, 11) is 5.78. The number of nitrogens with zero attached hydrogens (tertiary/aromatic N) is 1. The third-order valence-corrected chi connectivity index (χ3v) is 5.01. The molecule has 1 saturated heterocycles. The normalized spacial score (nSPS) is 26.9. The Morgan fingerprint density at radius 2 is 1.72 bits per heavy atom. The molecule has 2 N–H and O–H groups in total. The average Bonchev–Trinajstić information content (AvgIpc) is 3.59. The highest BCUT2D eigenvalue weighted by Crippen LogP contribution is 2.49. The second kappa shape index (κ2) is 11.2. The van der Waals surface area contributed by atoms with Crippen molar-refractivity contribution in [3.8, 4) is 0 Å². The minimum atomic E-state index is -1.50. The molecule has 0 bridgehead atoms. The number of fused-ring (bicyclic) bond motifs is 1. The first-order valence-electron chi connectivity index (χ1n) is 9.94. The maximum absolute atomic E-state index is 12.3. The fraction of sp³-hybridized carbons (Fsp3) is 0.391. The van der Waals surface area contributed by atoms with Crippen molar-refractivity contribution in [2.75, 3.05) is 28.4 Å². The Hall–Kier alpha value is -2.82. The van der Waals surface area contributed by atoms with Gasteiger partial charge in [0.1, 0.15) is 17.8 Å². The minimum Gasteiger partial charge on any atom is -0.379 e. The largest absolute Gasteiger partial charge is 0.379 e. The molecule has 0 radical (unpaired) electrons. The van der Waals surface area contributed by atoms with Gasteiger partial charge in [-0.1, -0.05) is 42.5 Å². The van der Waals surface area contributed by atoms with Crippen molar-refractivity contribution in [3.05, 3.63) is 72.5 Å². The first kappa shape index (κ1) is 25.4. The van der Waals surface area contributed by atoms with E-state index in [-0.39, 0.29) is 11.6 Å². The summed E-state index contributed by atoms with van der Waals surface area (Å²) >= 11 is 0. The molecule has 2 rings (SSSR count). The number of hydrogen-bond donors (Lipinski definition) is 2. The molecule has 0 aromatic carbocycles. The predicted molar refractivity (Wildman–Crippen MR) is 118 cm³/mol. The number of carbonyl (C=O) groups excluding carboxylic acids is 2. The van der Waals surface area contributed by atoms with E-state index < -0.39 is 29.5 Å². The number of methoxy groups -OCH3 is 2. The highest BCUT2D eigenvalue weighted by molar-refractivity contribution is 5.89. The van der Waals surface area contributed by atoms with Gasteiger partial charge < -0.3 is 24.6 Å². The highest BCUT2D eigenvalue weighted by Gasteiger charge is 2.68. The van der Waals surface area contributed by atoms with Gasteiger partial charge in [0.25, 0.3) is 5.91 Å². The number of likely N-dealkylation sites (N-methyl/N-ethyl adjacent to an activating group) is 1. The van der Waals surface area contributed by atoms with E-state index in [1.807, 2.05) is 6.92 Å². The van der Waals surface area contributed by atoms with Crippen LogP contribution in [0.25, 0.3) is 0 Å². The molecule has 0 spiro atoms. The summed E-state index contributed by atoms with van der Waals surface area (Å²) in [6, 6.07) is 0. The van der Waals surface area contributed by atoms with E-state index in [2.05, 4.69) is 5.32 Å². The number of hydroxylamine groups is 2. The molecule has 3 atom stereocenters. The number of epoxide rings is 1. The Bertz CT molecular complexity index is 868. The number of amides is 2. The van der Waals surface area contributed by atoms with E-state index in [1.165, 1.54) is 52.7 Å². The Morgan fingerprint density at radius 3 is 2.34 bits per heavy atom. The topological polar surface area (TPSA) is 110 Å². The van der Waals surface area contributed by atoms with E-state index in [9.17, 15) is 14.7 Å². The standard InChI is InChI=1S/C23H30N2O7/c1-6-7-10-13-18(26)24-17-16-22(28,20-21(32-20)23(17,29-3)30-4)15-12-9-8-11-14-19(27)25(2)31-5/h6-16,20-21,28H,1-5H3,(H,24,26)/b7-6+,9-8+,13-10+,14-11+,15-12+/t20-,21+,22+/m0/s1.